The summed E-state index contributed by atoms with van der Waals surface area (Å²) in [4.78, 5) is 38.0. The molecule has 6 heteroatoms. The van der Waals surface area contributed by atoms with Crippen LogP contribution in [0.2, 0.25) is 0 Å². The molecule has 0 aliphatic rings. The van der Waals surface area contributed by atoms with E-state index >= 15 is 0 Å². The second kappa shape index (κ2) is 52.2. The highest BCUT2D eigenvalue weighted by molar-refractivity contribution is 5.71. The first-order valence-electron chi connectivity index (χ1n) is 26.6. The van der Waals surface area contributed by atoms with Gasteiger partial charge in [0, 0.05) is 19.3 Å². The quantitative estimate of drug-likeness (QED) is 0.0199. The lowest BCUT2D eigenvalue weighted by Gasteiger charge is -2.18. The molecule has 366 valence electrons. The van der Waals surface area contributed by atoms with Crippen LogP contribution in [0.15, 0.2) is 85.1 Å². The van der Waals surface area contributed by atoms with E-state index in [0.29, 0.717) is 19.3 Å². The lowest BCUT2D eigenvalue weighted by Crippen LogP contribution is -2.30. The maximum Gasteiger partial charge on any atom is 0.306 e. The van der Waals surface area contributed by atoms with Crippen LogP contribution in [0.4, 0.5) is 0 Å². The number of hydrogen-bond donors (Lipinski definition) is 0. The Kier molecular flexibility index (Phi) is 49.4. The minimum absolute atomic E-state index is 0.0893. The maximum absolute atomic E-state index is 12.8. The average molecular weight is 891 g/mol. The summed E-state index contributed by atoms with van der Waals surface area (Å²) in [5.41, 5.74) is 0. The molecule has 0 fully saturated rings. The Morgan fingerprint density at radius 2 is 0.688 bits per heavy atom. The van der Waals surface area contributed by atoms with Gasteiger partial charge in [0.15, 0.2) is 6.10 Å². The Bertz CT molecular complexity index is 1250. The van der Waals surface area contributed by atoms with Gasteiger partial charge in [-0.25, -0.2) is 0 Å². The predicted molar refractivity (Wildman–Crippen MR) is 274 cm³/mol. The SMILES string of the molecule is CC\C=C/C=C\C=C/C=C\CCCCCCCC(=O)OC(COC(=O)CCCCCCCC/C=C\C/C=C\C/C=C\CC)COC(=O)CCCCCCCCCCCCCCCCC. The zero-order valence-electron chi connectivity index (χ0n) is 41.8. The highest BCUT2D eigenvalue weighted by atomic mass is 16.6. The minimum Gasteiger partial charge on any atom is -0.462 e. The van der Waals surface area contributed by atoms with E-state index in [0.717, 1.165) is 109 Å². The van der Waals surface area contributed by atoms with Gasteiger partial charge in [-0.1, -0.05) is 241 Å². The van der Waals surface area contributed by atoms with Gasteiger partial charge in [-0.15, -0.1) is 0 Å². The van der Waals surface area contributed by atoms with Gasteiger partial charge in [-0.2, -0.15) is 0 Å². The van der Waals surface area contributed by atoms with Gasteiger partial charge in [0.05, 0.1) is 0 Å². The van der Waals surface area contributed by atoms with Crippen LogP contribution in [0.5, 0.6) is 0 Å². The van der Waals surface area contributed by atoms with Crippen molar-refractivity contribution in [3.05, 3.63) is 85.1 Å². The van der Waals surface area contributed by atoms with Crippen molar-refractivity contribution in [2.24, 2.45) is 0 Å². The largest absolute Gasteiger partial charge is 0.462 e. The number of hydrogen-bond acceptors (Lipinski definition) is 6. The van der Waals surface area contributed by atoms with Crippen molar-refractivity contribution in [2.45, 2.75) is 252 Å². The van der Waals surface area contributed by atoms with Crippen molar-refractivity contribution in [3.63, 3.8) is 0 Å². The first-order chi connectivity index (χ1) is 31.5. The van der Waals surface area contributed by atoms with E-state index in [-0.39, 0.29) is 31.1 Å². The zero-order chi connectivity index (χ0) is 46.5. The molecule has 0 amide bonds. The van der Waals surface area contributed by atoms with Gasteiger partial charge in [-0.3, -0.25) is 14.4 Å². The van der Waals surface area contributed by atoms with E-state index in [2.05, 4.69) is 87.6 Å². The molecule has 0 saturated heterocycles. The smallest absolute Gasteiger partial charge is 0.306 e. The van der Waals surface area contributed by atoms with Crippen LogP contribution in [0.1, 0.15) is 245 Å². The van der Waals surface area contributed by atoms with Crippen LogP contribution in [-0.4, -0.2) is 37.2 Å². The molecule has 64 heavy (non-hydrogen) atoms. The second-order valence-electron chi connectivity index (χ2n) is 17.5. The van der Waals surface area contributed by atoms with E-state index < -0.39 is 6.10 Å². The van der Waals surface area contributed by atoms with E-state index in [1.54, 1.807) is 0 Å². The molecule has 0 aromatic carbocycles. The summed E-state index contributed by atoms with van der Waals surface area (Å²) in [6, 6.07) is 0. The van der Waals surface area contributed by atoms with Gasteiger partial charge >= 0.3 is 17.9 Å². The summed E-state index contributed by atoms with van der Waals surface area (Å²) in [6.07, 6.45) is 67.0. The van der Waals surface area contributed by atoms with Crippen LogP contribution in [0.3, 0.4) is 0 Å². The minimum atomic E-state index is -0.793. The van der Waals surface area contributed by atoms with Gasteiger partial charge < -0.3 is 14.2 Å². The van der Waals surface area contributed by atoms with E-state index in [9.17, 15) is 14.4 Å². The normalized spacial score (nSPS) is 12.7. The van der Waals surface area contributed by atoms with Crippen LogP contribution in [0, 0.1) is 0 Å². The Morgan fingerprint density at radius 3 is 1.14 bits per heavy atom. The Labute approximate surface area is 395 Å². The number of rotatable bonds is 47. The monoisotopic (exact) mass is 891 g/mol. The number of allylic oxidation sites excluding steroid dienone is 14. The molecule has 0 N–H and O–H groups in total. The van der Waals surface area contributed by atoms with Crippen molar-refractivity contribution in [2.75, 3.05) is 13.2 Å². The molecular weight excluding hydrogens is 793 g/mol. The number of unbranched alkanes of at least 4 members (excludes halogenated alkanes) is 25. The molecule has 0 heterocycles. The zero-order valence-corrected chi connectivity index (χ0v) is 41.8. The third kappa shape index (κ3) is 49.6. The Hall–Kier alpha value is -3.41. The third-order valence-electron chi connectivity index (χ3n) is 11.2. The topological polar surface area (TPSA) is 78.9 Å². The third-order valence-corrected chi connectivity index (χ3v) is 11.2. The second-order valence-corrected chi connectivity index (χ2v) is 17.5. The molecule has 0 rings (SSSR count). The van der Waals surface area contributed by atoms with Crippen LogP contribution < -0.4 is 0 Å². The number of carbonyl (C=O) groups excluding carboxylic acids is 3. The average Bonchev–Trinajstić information content (AvgIpc) is 3.29. The van der Waals surface area contributed by atoms with Crippen molar-refractivity contribution < 1.29 is 28.6 Å². The maximum atomic E-state index is 12.8. The molecular formula is C58H98O6. The lowest BCUT2D eigenvalue weighted by atomic mass is 10.0. The first-order valence-corrected chi connectivity index (χ1v) is 26.6. The van der Waals surface area contributed by atoms with Crippen LogP contribution in [-0.2, 0) is 28.6 Å². The molecule has 6 nitrogen and oxygen atoms in total. The summed E-state index contributed by atoms with van der Waals surface area (Å²) < 4.78 is 16.8. The molecule has 0 aliphatic heterocycles. The van der Waals surface area contributed by atoms with E-state index in [1.807, 2.05) is 18.2 Å². The molecule has 0 aromatic heterocycles. The molecule has 1 atom stereocenters. The summed E-state index contributed by atoms with van der Waals surface area (Å²) >= 11 is 0. The van der Waals surface area contributed by atoms with E-state index in [1.165, 1.54) is 96.3 Å². The van der Waals surface area contributed by atoms with Gasteiger partial charge in [0.25, 0.3) is 0 Å². The fourth-order valence-electron chi connectivity index (χ4n) is 7.29. The summed E-state index contributed by atoms with van der Waals surface area (Å²) in [7, 11) is 0. The highest BCUT2D eigenvalue weighted by Gasteiger charge is 2.19. The summed E-state index contributed by atoms with van der Waals surface area (Å²) in [6.45, 7) is 6.37. The highest BCUT2D eigenvalue weighted by Crippen LogP contribution is 2.15. The fourth-order valence-corrected chi connectivity index (χ4v) is 7.29. The molecule has 0 spiro atoms. The van der Waals surface area contributed by atoms with Crippen molar-refractivity contribution >= 4 is 17.9 Å². The van der Waals surface area contributed by atoms with Crippen molar-refractivity contribution in [3.8, 4) is 0 Å². The predicted octanol–water partition coefficient (Wildman–Crippen LogP) is 17.6. The molecule has 0 saturated carbocycles. The van der Waals surface area contributed by atoms with Gasteiger partial charge in [0.2, 0.25) is 0 Å². The molecule has 1 unspecified atom stereocenters. The molecule has 0 bridgehead atoms. The summed E-state index contributed by atoms with van der Waals surface area (Å²) in [5.74, 6) is -0.923. The molecule has 0 aromatic rings. The first kappa shape index (κ1) is 60.6. The Balaban J connectivity index is 4.44. The number of esters is 3. The van der Waals surface area contributed by atoms with Gasteiger partial charge in [-0.05, 0) is 70.6 Å². The molecule has 0 aliphatic carbocycles. The van der Waals surface area contributed by atoms with Crippen molar-refractivity contribution in [1.29, 1.82) is 0 Å². The summed E-state index contributed by atoms with van der Waals surface area (Å²) in [5, 5.41) is 0. The standard InChI is InChI=1S/C58H98O6/c1-4-7-10-13-16-19-22-25-28-31-33-36-39-42-45-48-51-57(60)63-54-55(64-58(61)52-49-46-43-40-37-34-30-27-24-21-18-15-12-9-6-3)53-62-56(59)50-47-44-41-38-35-32-29-26-23-20-17-14-11-8-5-2/h7,9-10,12,15-16,18-19,21,24-25,27-28,30,55H,4-6,8,11,13-14,17,20,22-23,26,29,31-54H2,1-3H3/b10-7-,12-9-,18-15-,19-16-,24-21-,28-25-,30-27-. The van der Waals surface area contributed by atoms with Crippen LogP contribution in [0.25, 0.3) is 0 Å². The number of carbonyl (C=O) groups is 3. The fraction of sp³-hybridized carbons (Fsp3) is 0.707. The van der Waals surface area contributed by atoms with E-state index in [4.69, 9.17) is 14.2 Å². The van der Waals surface area contributed by atoms with Crippen molar-refractivity contribution in [1.82, 2.24) is 0 Å². The lowest BCUT2D eigenvalue weighted by molar-refractivity contribution is -0.167. The molecule has 0 radical (unpaired) electrons. The van der Waals surface area contributed by atoms with Crippen LogP contribution >= 0.6 is 0 Å². The Morgan fingerprint density at radius 1 is 0.344 bits per heavy atom. The number of ether oxygens (including phenoxy) is 3. The van der Waals surface area contributed by atoms with Gasteiger partial charge in [0.1, 0.15) is 13.2 Å².